The van der Waals surface area contributed by atoms with Crippen LogP contribution in [0.2, 0.25) is 0 Å². The molecule has 0 bridgehead atoms. The van der Waals surface area contributed by atoms with Crippen molar-refractivity contribution in [1.82, 2.24) is 0 Å². The molecule has 0 amide bonds. The highest BCUT2D eigenvalue weighted by atomic mass is 16.5. The van der Waals surface area contributed by atoms with Crippen LogP contribution in [-0.2, 0) is 11.2 Å². The first-order valence-electron chi connectivity index (χ1n) is 5.83. The van der Waals surface area contributed by atoms with Gasteiger partial charge in [-0.15, -0.1) is 13.2 Å². The van der Waals surface area contributed by atoms with Crippen molar-refractivity contribution in [3.8, 4) is 0 Å². The largest absolute Gasteiger partial charge is 0.366 e. The average Bonchev–Trinajstić information content (AvgIpc) is 2.85. The first-order valence-corrected chi connectivity index (χ1v) is 5.83. The molecule has 0 aromatic heterocycles. The lowest BCUT2D eigenvalue weighted by molar-refractivity contribution is 0.0860. The van der Waals surface area contributed by atoms with Crippen molar-refractivity contribution in [1.29, 1.82) is 0 Å². The molecule has 4 unspecified atom stereocenters. The number of ether oxygens (including phenoxy) is 1. The van der Waals surface area contributed by atoms with E-state index in [1.165, 1.54) is 11.1 Å². The first kappa shape index (κ1) is 9.86. The summed E-state index contributed by atoms with van der Waals surface area (Å²) >= 11 is 0. The molecule has 1 aliphatic carbocycles. The second-order valence-corrected chi connectivity index (χ2v) is 4.63. The molecular formula is C15H16O. The predicted octanol–water partition coefficient (Wildman–Crippen LogP) is 3.08. The standard InChI is InChI=1S/C15H16O/c1-3-13-12-9-10-7-5-6-8-11(10)15(12)14(4-2)16-13/h3-8,12-15H,1-2,9H2. The lowest BCUT2D eigenvalue weighted by Crippen LogP contribution is -2.14. The minimum atomic E-state index is 0.150. The summed E-state index contributed by atoms with van der Waals surface area (Å²) < 4.78 is 5.95. The van der Waals surface area contributed by atoms with Crippen molar-refractivity contribution in [2.45, 2.75) is 24.5 Å². The van der Waals surface area contributed by atoms with E-state index in [9.17, 15) is 0 Å². The minimum absolute atomic E-state index is 0.150. The maximum atomic E-state index is 5.95. The summed E-state index contributed by atoms with van der Waals surface area (Å²) in [5, 5.41) is 0. The van der Waals surface area contributed by atoms with Gasteiger partial charge in [0.05, 0.1) is 12.2 Å². The van der Waals surface area contributed by atoms with Crippen molar-refractivity contribution in [2.75, 3.05) is 0 Å². The predicted molar refractivity (Wildman–Crippen MR) is 65.4 cm³/mol. The molecule has 2 aliphatic rings. The summed E-state index contributed by atoms with van der Waals surface area (Å²) in [7, 11) is 0. The van der Waals surface area contributed by atoms with Gasteiger partial charge in [0, 0.05) is 11.8 Å². The van der Waals surface area contributed by atoms with Crippen LogP contribution in [0.25, 0.3) is 0 Å². The van der Waals surface area contributed by atoms with Gasteiger partial charge in [0.2, 0.25) is 0 Å². The summed E-state index contributed by atoms with van der Waals surface area (Å²) in [6.45, 7) is 7.76. The third-order valence-corrected chi connectivity index (χ3v) is 3.89. The zero-order valence-corrected chi connectivity index (χ0v) is 9.30. The normalized spacial score (nSPS) is 35.5. The lowest BCUT2D eigenvalue weighted by atomic mass is 9.87. The van der Waals surface area contributed by atoms with E-state index in [-0.39, 0.29) is 12.2 Å². The van der Waals surface area contributed by atoms with E-state index in [0.29, 0.717) is 11.8 Å². The van der Waals surface area contributed by atoms with Gasteiger partial charge in [0.15, 0.2) is 0 Å². The number of hydrogen-bond donors (Lipinski definition) is 0. The Morgan fingerprint density at radius 3 is 2.62 bits per heavy atom. The molecule has 4 atom stereocenters. The molecule has 0 saturated carbocycles. The summed E-state index contributed by atoms with van der Waals surface area (Å²) in [6.07, 6.45) is 5.31. The Hall–Kier alpha value is -1.34. The highest BCUT2D eigenvalue weighted by Gasteiger charge is 2.46. The third-order valence-electron chi connectivity index (χ3n) is 3.89. The molecule has 16 heavy (non-hydrogen) atoms. The molecule has 1 fully saturated rings. The maximum Gasteiger partial charge on any atom is 0.0833 e. The summed E-state index contributed by atoms with van der Waals surface area (Å²) in [5.41, 5.74) is 2.92. The van der Waals surface area contributed by atoms with Gasteiger partial charge in [0.25, 0.3) is 0 Å². The SMILES string of the molecule is C=CC1OC(C=C)C2c3ccccc3CC12. The van der Waals surface area contributed by atoms with Crippen molar-refractivity contribution in [2.24, 2.45) is 5.92 Å². The molecule has 1 heterocycles. The molecule has 1 aromatic rings. The molecule has 1 aromatic carbocycles. The van der Waals surface area contributed by atoms with Crippen molar-refractivity contribution in [3.63, 3.8) is 0 Å². The van der Waals surface area contributed by atoms with Crippen molar-refractivity contribution < 1.29 is 4.74 Å². The Morgan fingerprint density at radius 2 is 1.88 bits per heavy atom. The van der Waals surface area contributed by atoms with Gasteiger partial charge in [-0.25, -0.2) is 0 Å². The van der Waals surface area contributed by atoms with Crippen molar-refractivity contribution >= 4 is 0 Å². The van der Waals surface area contributed by atoms with E-state index in [1.54, 1.807) is 0 Å². The Bertz CT molecular complexity index is 435. The van der Waals surface area contributed by atoms with E-state index >= 15 is 0 Å². The van der Waals surface area contributed by atoms with Crippen LogP contribution in [0, 0.1) is 5.92 Å². The summed E-state index contributed by atoms with van der Waals surface area (Å²) in [6, 6.07) is 8.69. The fraction of sp³-hybridized carbons (Fsp3) is 0.333. The average molecular weight is 212 g/mol. The van der Waals surface area contributed by atoms with E-state index in [0.717, 1.165) is 6.42 Å². The quantitative estimate of drug-likeness (QED) is 0.684. The molecule has 0 spiro atoms. The van der Waals surface area contributed by atoms with Crippen LogP contribution in [-0.4, -0.2) is 12.2 Å². The van der Waals surface area contributed by atoms with Gasteiger partial charge in [-0.05, 0) is 17.5 Å². The molecule has 0 N–H and O–H groups in total. The fourth-order valence-electron chi connectivity index (χ4n) is 3.20. The van der Waals surface area contributed by atoms with Crippen LogP contribution >= 0.6 is 0 Å². The molecule has 1 nitrogen and oxygen atoms in total. The topological polar surface area (TPSA) is 9.23 Å². The molecule has 1 heteroatoms. The Morgan fingerprint density at radius 1 is 1.12 bits per heavy atom. The molecule has 0 radical (unpaired) electrons. The first-order chi connectivity index (χ1) is 7.85. The van der Waals surface area contributed by atoms with Crippen molar-refractivity contribution in [3.05, 3.63) is 60.7 Å². The van der Waals surface area contributed by atoms with Crippen LogP contribution in [0.4, 0.5) is 0 Å². The van der Waals surface area contributed by atoms with E-state index in [1.807, 2.05) is 12.2 Å². The van der Waals surface area contributed by atoms with E-state index in [2.05, 4.69) is 37.4 Å². The molecule has 1 saturated heterocycles. The molecule has 3 rings (SSSR count). The van der Waals surface area contributed by atoms with Crippen LogP contribution in [0.15, 0.2) is 49.6 Å². The van der Waals surface area contributed by atoms with E-state index < -0.39 is 0 Å². The monoisotopic (exact) mass is 212 g/mol. The maximum absolute atomic E-state index is 5.95. The van der Waals surface area contributed by atoms with E-state index in [4.69, 9.17) is 4.74 Å². The highest BCUT2D eigenvalue weighted by molar-refractivity contribution is 5.40. The second-order valence-electron chi connectivity index (χ2n) is 4.63. The number of benzene rings is 1. The van der Waals surface area contributed by atoms with Gasteiger partial charge in [-0.2, -0.15) is 0 Å². The second kappa shape index (κ2) is 3.60. The van der Waals surface area contributed by atoms with Gasteiger partial charge in [0.1, 0.15) is 0 Å². The summed E-state index contributed by atoms with van der Waals surface area (Å²) in [5.74, 6) is 1.04. The van der Waals surface area contributed by atoms with Gasteiger partial charge in [-0.1, -0.05) is 36.4 Å². The Labute approximate surface area is 96.4 Å². The smallest absolute Gasteiger partial charge is 0.0833 e. The number of fused-ring (bicyclic) bond motifs is 3. The van der Waals surface area contributed by atoms with Crippen LogP contribution in [0.3, 0.4) is 0 Å². The van der Waals surface area contributed by atoms with Gasteiger partial charge >= 0.3 is 0 Å². The fourth-order valence-corrected chi connectivity index (χ4v) is 3.20. The lowest BCUT2D eigenvalue weighted by Gasteiger charge is -2.14. The number of hydrogen-bond acceptors (Lipinski definition) is 1. The minimum Gasteiger partial charge on any atom is -0.366 e. The van der Waals surface area contributed by atoms with Crippen LogP contribution in [0.5, 0.6) is 0 Å². The molecule has 82 valence electrons. The third kappa shape index (κ3) is 1.21. The van der Waals surface area contributed by atoms with Crippen LogP contribution in [0.1, 0.15) is 17.0 Å². The van der Waals surface area contributed by atoms with Crippen LogP contribution < -0.4 is 0 Å². The zero-order chi connectivity index (χ0) is 11.1. The van der Waals surface area contributed by atoms with Gasteiger partial charge in [-0.3, -0.25) is 0 Å². The molecule has 1 aliphatic heterocycles. The Balaban J connectivity index is 2.05. The summed E-state index contributed by atoms with van der Waals surface area (Å²) in [4.78, 5) is 0. The zero-order valence-electron chi connectivity index (χ0n) is 9.30. The van der Waals surface area contributed by atoms with Gasteiger partial charge < -0.3 is 4.74 Å². The molecular weight excluding hydrogens is 196 g/mol. The highest BCUT2D eigenvalue weighted by Crippen LogP contribution is 2.49. The number of rotatable bonds is 2. The Kier molecular flexibility index (Phi) is 2.22.